The molecule has 1 aromatic carbocycles. The van der Waals surface area contributed by atoms with Crippen LogP contribution in [-0.2, 0) is 4.79 Å². The van der Waals surface area contributed by atoms with Crippen LogP contribution in [0, 0.1) is 0 Å². The number of fused-ring (bicyclic) bond motifs is 3. The molecular formula is C16H19NO3. The summed E-state index contributed by atoms with van der Waals surface area (Å²) in [6.07, 6.45) is 4.70. The van der Waals surface area contributed by atoms with Crippen LogP contribution in [0.5, 0.6) is 0 Å². The summed E-state index contributed by atoms with van der Waals surface area (Å²) in [5.74, 6) is -0.167. The van der Waals surface area contributed by atoms with Gasteiger partial charge in [-0.1, -0.05) is 26.0 Å². The Morgan fingerprint density at radius 2 is 2.00 bits per heavy atom. The highest BCUT2D eigenvalue weighted by Crippen LogP contribution is 2.13. The Bertz CT molecular complexity index is 837. The predicted octanol–water partition coefficient (Wildman–Crippen LogP) is 1.99. The zero-order chi connectivity index (χ0) is 14.7. The van der Waals surface area contributed by atoms with Crippen LogP contribution < -0.4 is 21.6 Å². The topological polar surface area (TPSA) is 59.3 Å². The molecule has 4 nitrogen and oxygen atoms in total. The molecule has 3 rings (SSSR count). The van der Waals surface area contributed by atoms with Gasteiger partial charge in [-0.2, -0.15) is 0 Å². The Morgan fingerprint density at radius 3 is 2.70 bits per heavy atom. The van der Waals surface area contributed by atoms with Gasteiger partial charge in [-0.25, -0.2) is 4.79 Å². The average molecular weight is 273 g/mol. The van der Waals surface area contributed by atoms with Gasteiger partial charge in [0.1, 0.15) is 5.42 Å². The lowest BCUT2D eigenvalue weighted by atomic mass is 10.1. The van der Waals surface area contributed by atoms with Gasteiger partial charge in [0.2, 0.25) is 5.91 Å². The van der Waals surface area contributed by atoms with Crippen molar-refractivity contribution in [2.45, 2.75) is 27.2 Å². The molecule has 4 heteroatoms. The number of hydrogen-bond acceptors (Lipinski definition) is 3. The molecule has 0 atom stereocenters. The fourth-order valence-corrected chi connectivity index (χ4v) is 2.22. The van der Waals surface area contributed by atoms with Crippen LogP contribution in [0.4, 0.5) is 5.69 Å². The van der Waals surface area contributed by atoms with E-state index in [1.165, 1.54) is 6.92 Å². The second-order valence-corrected chi connectivity index (χ2v) is 4.25. The van der Waals surface area contributed by atoms with E-state index in [1.54, 1.807) is 12.1 Å². The molecule has 1 aromatic heterocycles. The third-order valence-corrected chi connectivity index (χ3v) is 2.94. The maximum Gasteiger partial charge on any atom is 0.344 e. The first kappa shape index (κ1) is 14.1. The Morgan fingerprint density at radius 1 is 1.25 bits per heavy atom. The van der Waals surface area contributed by atoms with E-state index in [4.69, 9.17) is 4.42 Å². The summed E-state index contributed by atoms with van der Waals surface area (Å²) >= 11 is 0. The normalized spacial score (nSPS) is 11.8. The zero-order valence-corrected chi connectivity index (χ0v) is 11.8. The molecule has 0 fully saturated rings. The Balaban J connectivity index is 0.000000706. The largest absolute Gasteiger partial charge is 0.423 e. The molecule has 0 unspecified atom stereocenters. The number of carbonyl (C=O) groups is 1. The fourth-order valence-electron chi connectivity index (χ4n) is 2.22. The molecular weight excluding hydrogens is 254 g/mol. The second-order valence-electron chi connectivity index (χ2n) is 4.25. The SMILES string of the molecule is CC.CC(=O)Nc1ccc2c3c(oc(=O)c2c1)=CCC=3.[HH]. The molecule has 1 N–H and O–H groups in total. The van der Waals surface area contributed by atoms with E-state index < -0.39 is 0 Å². The first-order valence-corrected chi connectivity index (χ1v) is 6.70. The van der Waals surface area contributed by atoms with E-state index in [2.05, 4.69) is 5.32 Å². The van der Waals surface area contributed by atoms with Crippen molar-refractivity contribution in [2.24, 2.45) is 0 Å². The summed E-state index contributed by atoms with van der Waals surface area (Å²) in [4.78, 5) is 22.9. The van der Waals surface area contributed by atoms with E-state index in [9.17, 15) is 9.59 Å². The third-order valence-electron chi connectivity index (χ3n) is 2.94. The summed E-state index contributed by atoms with van der Waals surface area (Å²) in [6.45, 7) is 5.43. The molecule has 0 radical (unpaired) electrons. The lowest BCUT2D eigenvalue weighted by Crippen LogP contribution is -2.27. The Hall–Kier alpha value is -2.36. The molecule has 20 heavy (non-hydrogen) atoms. The lowest BCUT2D eigenvalue weighted by molar-refractivity contribution is -0.114. The third kappa shape index (κ3) is 2.50. The van der Waals surface area contributed by atoms with Crippen LogP contribution in [0.1, 0.15) is 28.6 Å². The maximum atomic E-state index is 11.9. The van der Waals surface area contributed by atoms with E-state index in [0.29, 0.717) is 16.5 Å². The highest BCUT2D eigenvalue weighted by atomic mass is 16.4. The van der Waals surface area contributed by atoms with Gasteiger partial charge in [0.15, 0.2) is 0 Å². The van der Waals surface area contributed by atoms with Crippen molar-refractivity contribution in [1.82, 2.24) is 0 Å². The second kappa shape index (κ2) is 5.74. The first-order chi connectivity index (χ1) is 9.65. The number of hydrogen-bond donors (Lipinski definition) is 1. The maximum absolute atomic E-state index is 11.9. The van der Waals surface area contributed by atoms with Crippen molar-refractivity contribution in [1.29, 1.82) is 0 Å². The first-order valence-electron chi connectivity index (χ1n) is 6.70. The van der Waals surface area contributed by atoms with Crippen molar-refractivity contribution in [3.63, 3.8) is 0 Å². The minimum absolute atomic E-state index is 0. The van der Waals surface area contributed by atoms with Crippen LogP contribution in [0.3, 0.4) is 0 Å². The molecule has 1 aliphatic rings. The van der Waals surface area contributed by atoms with Crippen LogP contribution in [0.2, 0.25) is 0 Å². The average Bonchev–Trinajstić information content (AvgIpc) is 2.89. The lowest BCUT2D eigenvalue weighted by Gasteiger charge is -2.03. The number of benzene rings is 1. The minimum Gasteiger partial charge on any atom is -0.423 e. The van der Waals surface area contributed by atoms with E-state index >= 15 is 0 Å². The fraction of sp³-hybridized carbons (Fsp3) is 0.250. The minimum atomic E-state index is -0.373. The summed E-state index contributed by atoms with van der Waals surface area (Å²) in [5, 5.41) is 4.97. The van der Waals surface area contributed by atoms with Gasteiger partial charge in [-0.15, -0.1) is 0 Å². The van der Waals surface area contributed by atoms with Gasteiger partial charge in [0.25, 0.3) is 0 Å². The van der Waals surface area contributed by atoms with Crippen molar-refractivity contribution in [2.75, 3.05) is 5.32 Å². The van der Waals surface area contributed by atoms with Gasteiger partial charge >= 0.3 is 5.63 Å². The molecule has 1 heterocycles. The molecule has 2 aromatic rings. The molecule has 0 saturated heterocycles. The molecule has 0 bridgehead atoms. The van der Waals surface area contributed by atoms with Crippen molar-refractivity contribution < 1.29 is 10.6 Å². The summed E-state index contributed by atoms with van der Waals surface area (Å²) in [7, 11) is 0. The van der Waals surface area contributed by atoms with Crippen LogP contribution in [0.25, 0.3) is 22.9 Å². The van der Waals surface area contributed by atoms with E-state index in [1.807, 2.05) is 32.1 Å². The Kier molecular flexibility index (Phi) is 4.03. The number of anilines is 1. The number of carbonyl (C=O) groups excluding carboxylic acids is 1. The van der Waals surface area contributed by atoms with Crippen LogP contribution in [0.15, 0.2) is 27.4 Å². The van der Waals surface area contributed by atoms with Gasteiger partial charge in [0.05, 0.1) is 5.39 Å². The van der Waals surface area contributed by atoms with Crippen molar-refractivity contribution in [3.05, 3.63) is 39.3 Å². The van der Waals surface area contributed by atoms with Crippen LogP contribution in [-0.4, -0.2) is 5.91 Å². The molecule has 106 valence electrons. The molecule has 0 spiro atoms. The van der Waals surface area contributed by atoms with Crippen molar-refractivity contribution in [3.8, 4) is 0 Å². The van der Waals surface area contributed by atoms with Gasteiger partial charge in [-0.3, -0.25) is 4.79 Å². The van der Waals surface area contributed by atoms with E-state index in [-0.39, 0.29) is 13.0 Å². The molecule has 0 aliphatic heterocycles. The highest BCUT2D eigenvalue weighted by Gasteiger charge is 2.08. The quantitative estimate of drug-likeness (QED) is 0.864. The standard InChI is InChI=1S/C14H11NO3.C2H6.H2/c1-8(16)15-9-5-6-10-11-3-2-4-13(11)18-14(17)12(10)7-9;1-2;/h3-7H,2H2,1H3,(H,15,16);1-2H3;1H. The highest BCUT2D eigenvalue weighted by molar-refractivity contribution is 5.93. The molecule has 1 aliphatic carbocycles. The van der Waals surface area contributed by atoms with Crippen LogP contribution >= 0.6 is 0 Å². The number of nitrogens with one attached hydrogen (secondary N) is 1. The Labute approximate surface area is 117 Å². The predicted molar refractivity (Wildman–Crippen MR) is 83.0 cm³/mol. The van der Waals surface area contributed by atoms with Gasteiger partial charge in [0, 0.05) is 19.3 Å². The zero-order valence-electron chi connectivity index (χ0n) is 11.8. The summed E-state index contributed by atoms with van der Waals surface area (Å²) < 4.78 is 5.24. The van der Waals surface area contributed by atoms with Crippen molar-refractivity contribution >= 4 is 34.5 Å². The van der Waals surface area contributed by atoms with Gasteiger partial charge < -0.3 is 9.73 Å². The van der Waals surface area contributed by atoms with Gasteiger partial charge in [-0.05, 0) is 30.0 Å². The monoisotopic (exact) mass is 273 g/mol. The van der Waals surface area contributed by atoms with E-state index in [0.717, 1.165) is 17.0 Å². The summed E-state index contributed by atoms with van der Waals surface area (Å²) in [5.41, 5.74) is 0.867. The summed E-state index contributed by atoms with van der Waals surface area (Å²) in [6, 6.07) is 5.27. The number of rotatable bonds is 1. The smallest absolute Gasteiger partial charge is 0.344 e. The number of amides is 1. The molecule has 0 saturated carbocycles. The molecule has 1 amide bonds.